The highest BCUT2D eigenvalue weighted by atomic mass is 16.5. The Kier molecular flexibility index (Phi) is 5.23. The van der Waals surface area contributed by atoms with E-state index < -0.39 is 0 Å². The van der Waals surface area contributed by atoms with Gasteiger partial charge in [-0.2, -0.15) is 19.6 Å². The van der Waals surface area contributed by atoms with E-state index in [0.717, 1.165) is 48.8 Å². The summed E-state index contributed by atoms with van der Waals surface area (Å²) in [6, 6.07) is 20.4. The van der Waals surface area contributed by atoms with Crippen molar-refractivity contribution in [2.45, 2.75) is 13.5 Å². The molecule has 0 atom stereocenters. The van der Waals surface area contributed by atoms with Crippen LogP contribution < -0.4 is 4.90 Å². The van der Waals surface area contributed by atoms with Gasteiger partial charge in [-0.3, -0.25) is 4.90 Å². The van der Waals surface area contributed by atoms with Crippen LogP contribution in [0.4, 0.5) is 5.82 Å². The molecule has 1 aliphatic heterocycles. The molecule has 9 nitrogen and oxygen atoms in total. The summed E-state index contributed by atoms with van der Waals surface area (Å²) >= 11 is 0. The average molecular weight is 453 g/mol. The Hall–Kier alpha value is -4.11. The van der Waals surface area contributed by atoms with E-state index >= 15 is 0 Å². The zero-order valence-corrected chi connectivity index (χ0v) is 18.9. The molecule has 1 aliphatic rings. The van der Waals surface area contributed by atoms with Gasteiger partial charge in [-0.15, -0.1) is 0 Å². The second-order valence-electron chi connectivity index (χ2n) is 8.48. The predicted molar refractivity (Wildman–Crippen MR) is 128 cm³/mol. The molecule has 0 saturated carbocycles. The topological polar surface area (TPSA) is 88.5 Å². The molecule has 1 saturated heterocycles. The number of piperazine rings is 1. The van der Waals surface area contributed by atoms with Crippen LogP contribution in [-0.4, -0.2) is 60.8 Å². The molecule has 0 aliphatic carbocycles. The molecule has 9 heteroatoms. The molecule has 5 aromatic rings. The van der Waals surface area contributed by atoms with E-state index in [4.69, 9.17) is 4.52 Å². The largest absolute Gasteiger partial charge is 0.354 e. The first kappa shape index (κ1) is 20.5. The lowest BCUT2D eigenvalue weighted by atomic mass is 10.1. The van der Waals surface area contributed by atoms with Gasteiger partial charge >= 0.3 is 0 Å². The van der Waals surface area contributed by atoms with Gasteiger partial charge in [-0.25, -0.2) is 4.98 Å². The summed E-state index contributed by atoms with van der Waals surface area (Å²) in [5, 5.41) is 8.57. The van der Waals surface area contributed by atoms with Crippen molar-refractivity contribution in [1.82, 2.24) is 34.6 Å². The van der Waals surface area contributed by atoms with Crippen LogP contribution in [-0.2, 0) is 6.54 Å². The van der Waals surface area contributed by atoms with Crippen molar-refractivity contribution >= 4 is 11.6 Å². The Labute approximate surface area is 196 Å². The van der Waals surface area contributed by atoms with Crippen LogP contribution in [0.2, 0.25) is 0 Å². The first-order valence-electron chi connectivity index (χ1n) is 11.4. The van der Waals surface area contributed by atoms with Gasteiger partial charge in [0.05, 0.1) is 12.2 Å². The number of nitrogens with zero attached hydrogens (tertiary/aromatic N) is 8. The molecule has 0 spiro atoms. The van der Waals surface area contributed by atoms with Crippen molar-refractivity contribution in [3.05, 3.63) is 78.4 Å². The maximum Gasteiger partial charge on any atom is 0.254 e. The summed E-state index contributed by atoms with van der Waals surface area (Å²) in [6.45, 7) is 6.16. The minimum atomic E-state index is 0.605. The molecule has 6 rings (SSSR count). The van der Waals surface area contributed by atoms with E-state index in [-0.39, 0.29) is 0 Å². The fourth-order valence-corrected chi connectivity index (χ4v) is 4.24. The molecule has 0 amide bonds. The zero-order chi connectivity index (χ0) is 22.9. The van der Waals surface area contributed by atoms with Crippen molar-refractivity contribution in [2.24, 2.45) is 0 Å². The predicted octanol–water partition coefficient (Wildman–Crippen LogP) is 3.47. The lowest BCUT2D eigenvalue weighted by molar-refractivity contribution is 0.215. The molecule has 4 heterocycles. The molecule has 3 aromatic heterocycles. The molecular weight excluding hydrogens is 428 g/mol. The number of hydrogen-bond donors (Lipinski definition) is 0. The number of fused-ring (bicyclic) bond motifs is 1. The Morgan fingerprint density at radius 1 is 0.882 bits per heavy atom. The molecule has 2 aromatic carbocycles. The van der Waals surface area contributed by atoms with Gasteiger partial charge < -0.3 is 9.42 Å². The lowest BCUT2D eigenvalue weighted by Crippen LogP contribution is -2.46. The summed E-state index contributed by atoms with van der Waals surface area (Å²) in [5.41, 5.74) is 4.13. The van der Waals surface area contributed by atoms with E-state index in [2.05, 4.69) is 72.3 Å². The van der Waals surface area contributed by atoms with Crippen LogP contribution >= 0.6 is 0 Å². The summed E-state index contributed by atoms with van der Waals surface area (Å²) in [4.78, 5) is 18.3. The maximum absolute atomic E-state index is 5.53. The van der Waals surface area contributed by atoms with Crippen molar-refractivity contribution in [3.8, 4) is 22.6 Å². The van der Waals surface area contributed by atoms with Crippen molar-refractivity contribution < 1.29 is 4.52 Å². The van der Waals surface area contributed by atoms with Crippen molar-refractivity contribution in [1.29, 1.82) is 0 Å². The van der Waals surface area contributed by atoms with Crippen LogP contribution in [0.15, 0.2) is 71.5 Å². The van der Waals surface area contributed by atoms with Crippen LogP contribution in [0, 0.1) is 6.92 Å². The van der Waals surface area contributed by atoms with Crippen molar-refractivity contribution in [2.75, 3.05) is 31.1 Å². The van der Waals surface area contributed by atoms with E-state index in [9.17, 15) is 0 Å². The van der Waals surface area contributed by atoms with E-state index in [1.54, 1.807) is 6.33 Å². The summed E-state index contributed by atoms with van der Waals surface area (Å²) < 4.78 is 7.34. The van der Waals surface area contributed by atoms with Crippen molar-refractivity contribution in [3.63, 3.8) is 0 Å². The fourth-order valence-electron chi connectivity index (χ4n) is 4.24. The quantitative estimate of drug-likeness (QED) is 0.401. The maximum atomic E-state index is 5.53. The number of anilines is 1. The molecule has 0 N–H and O–H groups in total. The second-order valence-corrected chi connectivity index (χ2v) is 8.48. The minimum absolute atomic E-state index is 0.605. The Morgan fingerprint density at radius 2 is 1.68 bits per heavy atom. The Bertz CT molecular complexity index is 1400. The number of benzene rings is 2. The highest BCUT2D eigenvalue weighted by Crippen LogP contribution is 2.25. The third kappa shape index (κ3) is 4.01. The third-order valence-electron chi connectivity index (χ3n) is 6.14. The molecule has 170 valence electrons. The summed E-state index contributed by atoms with van der Waals surface area (Å²) in [6.07, 6.45) is 1.55. The van der Waals surface area contributed by atoms with Gasteiger partial charge in [0.2, 0.25) is 11.7 Å². The lowest BCUT2D eigenvalue weighted by Gasteiger charge is -2.35. The van der Waals surface area contributed by atoms with Gasteiger partial charge in [0.15, 0.2) is 0 Å². The molecule has 0 unspecified atom stereocenters. The number of aryl methyl sites for hydroxylation is 1. The van der Waals surface area contributed by atoms with E-state index in [1.807, 2.05) is 34.8 Å². The number of hydrogen-bond acceptors (Lipinski definition) is 8. The van der Waals surface area contributed by atoms with Gasteiger partial charge in [0, 0.05) is 43.4 Å². The van der Waals surface area contributed by atoms with Gasteiger partial charge in [-0.1, -0.05) is 65.3 Å². The van der Waals surface area contributed by atoms with Gasteiger partial charge in [-0.05, 0) is 6.92 Å². The first-order chi connectivity index (χ1) is 16.7. The Morgan fingerprint density at radius 3 is 2.47 bits per heavy atom. The monoisotopic (exact) mass is 452 g/mol. The number of aromatic nitrogens is 6. The standard InChI is InChI=1S/C25H24N8O/c1-18-7-9-20(10-8-18)24-29-22(34-30-24)16-31-11-13-32(14-12-31)23-15-21(19-5-3-2-4-6-19)28-25-26-17-27-33(23)25/h2-10,15,17H,11-14,16H2,1H3. The van der Waals surface area contributed by atoms with Gasteiger partial charge in [0.25, 0.3) is 5.78 Å². The van der Waals surface area contributed by atoms with E-state index in [1.165, 1.54) is 5.56 Å². The van der Waals surface area contributed by atoms with Crippen LogP contribution in [0.5, 0.6) is 0 Å². The van der Waals surface area contributed by atoms with Crippen LogP contribution in [0.25, 0.3) is 28.4 Å². The summed E-state index contributed by atoms with van der Waals surface area (Å²) in [5.74, 6) is 2.87. The average Bonchev–Trinajstić information content (AvgIpc) is 3.55. The second kappa shape index (κ2) is 8.68. The normalized spacial score (nSPS) is 14.7. The molecule has 0 radical (unpaired) electrons. The summed E-state index contributed by atoms with van der Waals surface area (Å²) in [7, 11) is 0. The Balaban J connectivity index is 1.16. The minimum Gasteiger partial charge on any atom is -0.354 e. The third-order valence-corrected chi connectivity index (χ3v) is 6.14. The molecule has 1 fully saturated rings. The highest BCUT2D eigenvalue weighted by molar-refractivity contribution is 5.65. The highest BCUT2D eigenvalue weighted by Gasteiger charge is 2.22. The first-order valence-corrected chi connectivity index (χ1v) is 11.4. The molecule has 34 heavy (non-hydrogen) atoms. The van der Waals surface area contributed by atoms with E-state index in [0.29, 0.717) is 24.0 Å². The van der Waals surface area contributed by atoms with Crippen LogP contribution in [0.3, 0.4) is 0 Å². The molecule has 0 bridgehead atoms. The zero-order valence-electron chi connectivity index (χ0n) is 18.9. The smallest absolute Gasteiger partial charge is 0.254 e. The number of rotatable bonds is 5. The SMILES string of the molecule is Cc1ccc(-c2noc(CN3CCN(c4cc(-c5ccccc5)nc5ncnn45)CC3)n2)cc1. The molecular formula is C25H24N8O. The van der Waals surface area contributed by atoms with Crippen LogP contribution in [0.1, 0.15) is 11.5 Å². The fraction of sp³-hybridized carbons (Fsp3) is 0.240. The van der Waals surface area contributed by atoms with Gasteiger partial charge in [0.1, 0.15) is 12.1 Å².